The average molecular weight is 258 g/mol. The van der Waals surface area contributed by atoms with E-state index in [-0.39, 0.29) is 6.10 Å². The number of rotatable bonds is 1. The van der Waals surface area contributed by atoms with E-state index in [2.05, 4.69) is 31.2 Å². The lowest BCUT2D eigenvalue weighted by atomic mass is 9.72. The highest BCUT2D eigenvalue weighted by molar-refractivity contribution is 5.30. The van der Waals surface area contributed by atoms with Crippen LogP contribution in [0.3, 0.4) is 0 Å². The summed E-state index contributed by atoms with van der Waals surface area (Å²) in [6, 6.07) is 8.52. The minimum Gasteiger partial charge on any atom is -0.388 e. The lowest BCUT2D eigenvalue weighted by Gasteiger charge is -2.35. The standard InChI is InChI=1S/C18H26O/c1-13-9-11-15(12-10-13)17-8-4-6-14-5-2-3-7-16(14)18(17)19/h2-3,5,7,13,15,17-19H,4,6,8-12H2,1H3. The third-order valence-corrected chi connectivity index (χ3v) is 5.43. The van der Waals surface area contributed by atoms with E-state index in [4.69, 9.17) is 0 Å². The molecule has 0 heterocycles. The van der Waals surface area contributed by atoms with Crippen molar-refractivity contribution >= 4 is 0 Å². The molecule has 0 radical (unpaired) electrons. The molecule has 2 atom stereocenters. The zero-order chi connectivity index (χ0) is 13.2. The third-order valence-electron chi connectivity index (χ3n) is 5.43. The number of fused-ring (bicyclic) bond motifs is 1. The van der Waals surface area contributed by atoms with E-state index < -0.39 is 0 Å². The van der Waals surface area contributed by atoms with E-state index in [1.54, 1.807) is 0 Å². The lowest BCUT2D eigenvalue weighted by Crippen LogP contribution is -2.25. The van der Waals surface area contributed by atoms with E-state index in [1.807, 2.05) is 0 Å². The summed E-state index contributed by atoms with van der Waals surface area (Å²) >= 11 is 0. The smallest absolute Gasteiger partial charge is 0.0823 e. The fourth-order valence-corrected chi connectivity index (χ4v) is 4.17. The first-order chi connectivity index (χ1) is 9.25. The molecule has 0 bridgehead atoms. The Hall–Kier alpha value is -0.820. The summed E-state index contributed by atoms with van der Waals surface area (Å²) in [6.07, 6.45) is 8.73. The van der Waals surface area contributed by atoms with Gasteiger partial charge in [0.1, 0.15) is 0 Å². The average Bonchev–Trinajstić information content (AvgIpc) is 2.60. The number of aliphatic hydroxyl groups excluding tert-OH is 1. The Morgan fingerprint density at radius 1 is 1.00 bits per heavy atom. The van der Waals surface area contributed by atoms with Gasteiger partial charge in [-0.05, 0) is 61.0 Å². The SMILES string of the molecule is CC1CCC(C2CCCc3ccccc3C2O)CC1. The van der Waals surface area contributed by atoms with Gasteiger partial charge in [0, 0.05) is 0 Å². The molecule has 0 saturated heterocycles. The first-order valence-electron chi connectivity index (χ1n) is 8.01. The normalized spacial score (nSPS) is 35.5. The maximum absolute atomic E-state index is 10.8. The van der Waals surface area contributed by atoms with Crippen molar-refractivity contribution in [3.05, 3.63) is 35.4 Å². The van der Waals surface area contributed by atoms with Crippen LogP contribution >= 0.6 is 0 Å². The minimum atomic E-state index is -0.225. The molecular formula is C18H26O. The quantitative estimate of drug-likeness (QED) is 0.735. The molecule has 1 aromatic carbocycles. The summed E-state index contributed by atoms with van der Waals surface area (Å²) in [6.45, 7) is 2.37. The van der Waals surface area contributed by atoms with E-state index in [0.29, 0.717) is 5.92 Å². The summed E-state index contributed by atoms with van der Waals surface area (Å²) in [5, 5.41) is 10.8. The van der Waals surface area contributed by atoms with Crippen molar-refractivity contribution in [3.63, 3.8) is 0 Å². The number of hydrogen-bond acceptors (Lipinski definition) is 1. The highest BCUT2D eigenvalue weighted by atomic mass is 16.3. The topological polar surface area (TPSA) is 20.2 Å². The van der Waals surface area contributed by atoms with Gasteiger partial charge in [-0.1, -0.05) is 44.0 Å². The van der Waals surface area contributed by atoms with E-state index in [9.17, 15) is 5.11 Å². The van der Waals surface area contributed by atoms with Crippen LogP contribution in [0.5, 0.6) is 0 Å². The molecule has 19 heavy (non-hydrogen) atoms. The molecule has 2 unspecified atom stereocenters. The molecule has 0 aliphatic heterocycles. The number of benzene rings is 1. The molecule has 2 aliphatic rings. The highest BCUT2D eigenvalue weighted by Gasteiger charge is 2.33. The second-order valence-electron chi connectivity index (χ2n) is 6.72. The zero-order valence-corrected chi connectivity index (χ0v) is 12.0. The van der Waals surface area contributed by atoms with Crippen LogP contribution in [-0.4, -0.2) is 5.11 Å². The number of aliphatic hydroxyl groups is 1. The van der Waals surface area contributed by atoms with Gasteiger partial charge >= 0.3 is 0 Å². The fourth-order valence-electron chi connectivity index (χ4n) is 4.17. The summed E-state index contributed by atoms with van der Waals surface area (Å²) in [7, 11) is 0. The van der Waals surface area contributed by atoms with Crippen molar-refractivity contribution in [1.29, 1.82) is 0 Å². The maximum atomic E-state index is 10.8. The summed E-state index contributed by atoms with van der Waals surface area (Å²) in [5.41, 5.74) is 2.59. The Morgan fingerprint density at radius 3 is 2.53 bits per heavy atom. The molecule has 2 aliphatic carbocycles. The van der Waals surface area contributed by atoms with Crippen molar-refractivity contribution < 1.29 is 5.11 Å². The van der Waals surface area contributed by atoms with Gasteiger partial charge in [0.2, 0.25) is 0 Å². The summed E-state index contributed by atoms with van der Waals surface area (Å²) < 4.78 is 0. The van der Waals surface area contributed by atoms with Gasteiger partial charge in [-0.2, -0.15) is 0 Å². The van der Waals surface area contributed by atoms with Gasteiger partial charge in [0.15, 0.2) is 0 Å². The van der Waals surface area contributed by atoms with Crippen LogP contribution in [0.1, 0.15) is 62.7 Å². The van der Waals surface area contributed by atoms with E-state index >= 15 is 0 Å². The van der Waals surface area contributed by atoms with Crippen LogP contribution in [0.15, 0.2) is 24.3 Å². The molecular weight excluding hydrogens is 232 g/mol. The van der Waals surface area contributed by atoms with Gasteiger partial charge < -0.3 is 5.11 Å². The van der Waals surface area contributed by atoms with Crippen molar-refractivity contribution in [2.45, 2.75) is 58.0 Å². The Morgan fingerprint density at radius 2 is 1.74 bits per heavy atom. The maximum Gasteiger partial charge on any atom is 0.0823 e. The largest absolute Gasteiger partial charge is 0.388 e. The molecule has 1 fully saturated rings. The van der Waals surface area contributed by atoms with Crippen LogP contribution in [0, 0.1) is 17.8 Å². The zero-order valence-electron chi connectivity index (χ0n) is 12.0. The second kappa shape index (κ2) is 5.66. The molecule has 1 aromatic rings. The van der Waals surface area contributed by atoms with Crippen molar-refractivity contribution in [3.8, 4) is 0 Å². The Kier molecular flexibility index (Phi) is 3.93. The summed E-state index contributed by atoms with van der Waals surface area (Å²) in [4.78, 5) is 0. The van der Waals surface area contributed by atoms with Crippen molar-refractivity contribution in [2.24, 2.45) is 17.8 Å². The molecule has 104 valence electrons. The predicted molar refractivity (Wildman–Crippen MR) is 79.0 cm³/mol. The molecule has 1 N–H and O–H groups in total. The molecule has 0 aromatic heterocycles. The van der Waals surface area contributed by atoms with Gasteiger partial charge in [-0.25, -0.2) is 0 Å². The van der Waals surface area contributed by atoms with Gasteiger partial charge in [0.05, 0.1) is 6.10 Å². The Balaban J connectivity index is 1.79. The monoisotopic (exact) mass is 258 g/mol. The van der Waals surface area contributed by atoms with Gasteiger partial charge in [-0.3, -0.25) is 0 Å². The molecule has 0 spiro atoms. The molecule has 3 rings (SSSR count). The number of aryl methyl sites for hydroxylation is 1. The van der Waals surface area contributed by atoms with Gasteiger partial charge in [0.25, 0.3) is 0 Å². The van der Waals surface area contributed by atoms with Crippen molar-refractivity contribution in [1.82, 2.24) is 0 Å². The fraction of sp³-hybridized carbons (Fsp3) is 0.667. The minimum absolute atomic E-state index is 0.225. The Labute approximate surface area is 117 Å². The van der Waals surface area contributed by atoms with Crippen LogP contribution in [0.2, 0.25) is 0 Å². The van der Waals surface area contributed by atoms with E-state index in [0.717, 1.165) is 18.3 Å². The highest BCUT2D eigenvalue weighted by Crippen LogP contribution is 2.43. The Bertz CT molecular complexity index is 417. The van der Waals surface area contributed by atoms with Crippen molar-refractivity contribution in [2.75, 3.05) is 0 Å². The van der Waals surface area contributed by atoms with E-state index in [1.165, 1.54) is 49.7 Å². The van der Waals surface area contributed by atoms with Crippen LogP contribution < -0.4 is 0 Å². The van der Waals surface area contributed by atoms with Crippen LogP contribution in [-0.2, 0) is 6.42 Å². The second-order valence-corrected chi connectivity index (χ2v) is 6.72. The van der Waals surface area contributed by atoms with Crippen LogP contribution in [0.4, 0.5) is 0 Å². The molecule has 0 amide bonds. The predicted octanol–water partition coefficient (Wildman–Crippen LogP) is 4.50. The molecule has 1 nitrogen and oxygen atoms in total. The molecule has 1 saturated carbocycles. The summed E-state index contributed by atoms with van der Waals surface area (Å²) in [5.74, 6) is 2.14. The first-order valence-corrected chi connectivity index (χ1v) is 8.01. The lowest BCUT2D eigenvalue weighted by molar-refractivity contribution is 0.0486. The van der Waals surface area contributed by atoms with Crippen LogP contribution in [0.25, 0.3) is 0 Å². The van der Waals surface area contributed by atoms with Gasteiger partial charge in [-0.15, -0.1) is 0 Å². The first kappa shape index (κ1) is 13.2. The molecule has 1 heteroatoms. The number of hydrogen-bond donors (Lipinski definition) is 1. The third kappa shape index (κ3) is 2.72.